The Labute approximate surface area is 127 Å². The van der Waals surface area contributed by atoms with Crippen molar-refractivity contribution in [2.75, 3.05) is 5.33 Å². The summed E-state index contributed by atoms with van der Waals surface area (Å²) < 4.78 is 0. The number of phenols is 1. The highest BCUT2D eigenvalue weighted by atomic mass is 79.9. The van der Waals surface area contributed by atoms with Crippen LogP contribution < -0.4 is 5.32 Å². The molecule has 2 aromatic carbocycles. The molecule has 2 aromatic rings. The van der Waals surface area contributed by atoms with Crippen molar-refractivity contribution < 1.29 is 9.90 Å². The van der Waals surface area contributed by atoms with E-state index in [0.29, 0.717) is 16.9 Å². The summed E-state index contributed by atoms with van der Waals surface area (Å²) in [5.41, 5.74) is 0.317. The molecular formula is C16H18BrNO2. The number of aromatic hydroxyl groups is 1. The number of halogens is 1. The first-order chi connectivity index (χ1) is 9.54. The molecule has 0 spiro atoms. The van der Waals surface area contributed by atoms with Gasteiger partial charge in [-0.15, -0.1) is 0 Å². The van der Waals surface area contributed by atoms with Crippen molar-refractivity contribution in [3.63, 3.8) is 0 Å². The Bertz CT molecular complexity index is 627. The van der Waals surface area contributed by atoms with Crippen molar-refractivity contribution in [3.05, 3.63) is 42.0 Å². The van der Waals surface area contributed by atoms with Gasteiger partial charge in [-0.1, -0.05) is 53.2 Å². The van der Waals surface area contributed by atoms with Crippen LogP contribution in [0.2, 0.25) is 0 Å². The van der Waals surface area contributed by atoms with Crippen LogP contribution in [0.5, 0.6) is 5.75 Å². The molecule has 0 aliphatic heterocycles. The largest absolute Gasteiger partial charge is 0.506 e. The van der Waals surface area contributed by atoms with E-state index < -0.39 is 0 Å². The summed E-state index contributed by atoms with van der Waals surface area (Å²) in [7, 11) is 0. The number of carbonyl (C=O) groups is 1. The van der Waals surface area contributed by atoms with E-state index in [0.717, 1.165) is 10.7 Å². The lowest BCUT2D eigenvalue weighted by Crippen LogP contribution is -2.37. The van der Waals surface area contributed by atoms with Crippen molar-refractivity contribution in [2.24, 2.45) is 5.92 Å². The highest BCUT2D eigenvalue weighted by Gasteiger charge is 2.18. The molecule has 20 heavy (non-hydrogen) atoms. The summed E-state index contributed by atoms with van der Waals surface area (Å²) in [4.78, 5) is 12.3. The topological polar surface area (TPSA) is 49.3 Å². The highest BCUT2D eigenvalue weighted by Crippen LogP contribution is 2.28. The van der Waals surface area contributed by atoms with Crippen LogP contribution in [-0.4, -0.2) is 22.4 Å². The summed E-state index contributed by atoms with van der Waals surface area (Å²) in [6.45, 7) is 4.02. The van der Waals surface area contributed by atoms with E-state index in [1.807, 2.05) is 37.3 Å². The number of hydrogen-bond donors (Lipinski definition) is 2. The molecular weight excluding hydrogens is 318 g/mol. The molecule has 0 radical (unpaired) electrons. The third-order valence-corrected chi connectivity index (χ3v) is 4.62. The van der Waals surface area contributed by atoms with Gasteiger partial charge in [0.25, 0.3) is 5.91 Å². The van der Waals surface area contributed by atoms with Crippen molar-refractivity contribution in [1.82, 2.24) is 5.32 Å². The second kappa shape index (κ2) is 6.27. The molecule has 0 fully saturated rings. The summed E-state index contributed by atoms with van der Waals surface area (Å²) in [5.74, 6) is 0.120. The minimum Gasteiger partial charge on any atom is -0.506 e. The minimum atomic E-state index is -0.242. The Morgan fingerprint density at radius 3 is 2.65 bits per heavy atom. The maximum Gasteiger partial charge on any atom is 0.255 e. The van der Waals surface area contributed by atoms with Gasteiger partial charge in [-0.3, -0.25) is 4.79 Å². The maximum atomic E-state index is 12.3. The van der Waals surface area contributed by atoms with Gasteiger partial charge in [-0.2, -0.15) is 0 Å². The van der Waals surface area contributed by atoms with Crippen LogP contribution in [0, 0.1) is 5.92 Å². The second-order valence-corrected chi connectivity index (χ2v) is 5.72. The first-order valence-corrected chi connectivity index (χ1v) is 7.74. The molecule has 0 aliphatic rings. The molecule has 2 unspecified atom stereocenters. The number of alkyl halides is 1. The van der Waals surface area contributed by atoms with E-state index in [1.54, 1.807) is 6.07 Å². The molecule has 2 N–H and O–H groups in total. The molecule has 3 nitrogen and oxygen atoms in total. The average molecular weight is 336 g/mol. The van der Waals surface area contributed by atoms with Crippen LogP contribution in [0.4, 0.5) is 0 Å². The van der Waals surface area contributed by atoms with Crippen molar-refractivity contribution in [2.45, 2.75) is 19.9 Å². The summed E-state index contributed by atoms with van der Waals surface area (Å²) in [5, 5.41) is 15.6. The van der Waals surface area contributed by atoms with Crippen LogP contribution in [0.1, 0.15) is 24.2 Å². The minimum absolute atomic E-state index is 0.0349. The van der Waals surface area contributed by atoms with Crippen molar-refractivity contribution >= 4 is 32.6 Å². The number of rotatable bonds is 4. The Hall–Kier alpha value is -1.55. The fraction of sp³-hybridized carbons (Fsp3) is 0.312. The Morgan fingerprint density at radius 1 is 1.25 bits per heavy atom. The standard InChI is InChI=1S/C16H18BrNO2/c1-10(9-17)11(2)18-16(20)14-8-7-12-5-3-4-6-13(12)15(14)19/h3-8,10-11,19H,9H2,1-2H3,(H,18,20). The first-order valence-electron chi connectivity index (χ1n) is 6.62. The molecule has 2 atom stereocenters. The first kappa shape index (κ1) is 14.9. The van der Waals surface area contributed by atoms with Gasteiger partial charge in [0.2, 0.25) is 0 Å². The fourth-order valence-electron chi connectivity index (χ4n) is 2.00. The fourth-order valence-corrected chi connectivity index (χ4v) is 2.56. The van der Waals surface area contributed by atoms with Gasteiger partial charge >= 0.3 is 0 Å². The zero-order valence-corrected chi connectivity index (χ0v) is 13.1. The van der Waals surface area contributed by atoms with E-state index in [1.165, 1.54) is 0 Å². The molecule has 0 bridgehead atoms. The van der Waals surface area contributed by atoms with E-state index in [9.17, 15) is 9.90 Å². The molecule has 0 heterocycles. The normalized spacial score (nSPS) is 13.9. The Balaban J connectivity index is 2.29. The lowest BCUT2D eigenvalue weighted by Gasteiger charge is -2.19. The number of phenolic OH excluding ortho intramolecular Hbond substituents is 1. The SMILES string of the molecule is CC(CBr)C(C)NC(=O)c1ccc2ccccc2c1O. The lowest BCUT2D eigenvalue weighted by atomic mass is 10.0. The second-order valence-electron chi connectivity index (χ2n) is 5.08. The van der Waals surface area contributed by atoms with Gasteiger partial charge in [0.1, 0.15) is 5.75 Å². The van der Waals surface area contributed by atoms with Crippen LogP contribution in [0.3, 0.4) is 0 Å². The van der Waals surface area contributed by atoms with Crippen LogP contribution in [0.15, 0.2) is 36.4 Å². The van der Waals surface area contributed by atoms with Crippen molar-refractivity contribution in [1.29, 1.82) is 0 Å². The maximum absolute atomic E-state index is 12.3. The number of benzene rings is 2. The molecule has 4 heteroatoms. The average Bonchev–Trinajstić information content (AvgIpc) is 2.46. The predicted molar refractivity (Wildman–Crippen MR) is 85.5 cm³/mol. The Kier molecular flexibility index (Phi) is 4.65. The van der Waals surface area contributed by atoms with Crippen molar-refractivity contribution in [3.8, 4) is 5.75 Å². The van der Waals surface area contributed by atoms with E-state index in [-0.39, 0.29) is 17.7 Å². The third kappa shape index (κ3) is 2.96. The Morgan fingerprint density at radius 2 is 1.95 bits per heavy atom. The molecule has 0 saturated carbocycles. The molecule has 1 amide bonds. The van der Waals surface area contributed by atoms with Gasteiger partial charge in [-0.05, 0) is 24.3 Å². The summed E-state index contributed by atoms with van der Waals surface area (Å²) in [6.07, 6.45) is 0. The predicted octanol–water partition coefficient (Wildman–Crippen LogP) is 3.69. The molecule has 0 aromatic heterocycles. The van der Waals surface area contributed by atoms with Crippen LogP contribution in [-0.2, 0) is 0 Å². The number of fused-ring (bicyclic) bond motifs is 1. The van der Waals surface area contributed by atoms with E-state index in [4.69, 9.17) is 0 Å². The van der Waals surface area contributed by atoms with Crippen LogP contribution in [0.25, 0.3) is 10.8 Å². The zero-order chi connectivity index (χ0) is 14.7. The smallest absolute Gasteiger partial charge is 0.255 e. The van der Waals surface area contributed by atoms with Gasteiger partial charge < -0.3 is 10.4 Å². The molecule has 2 rings (SSSR count). The number of hydrogen-bond acceptors (Lipinski definition) is 2. The van der Waals surface area contributed by atoms with Gasteiger partial charge in [0, 0.05) is 16.8 Å². The molecule has 0 aliphatic carbocycles. The number of carbonyl (C=O) groups excluding carboxylic acids is 1. The third-order valence-electron chi connectivity index (χ3n) is 3.60. The number of amides is 1. The van der Waals surface area contributed by atoms with Crippen LogP contribution >= 0.6 is 15.9 Å². The molecule has 0 saturated heterocycles. The van der Waals surface area contributed by atoms with Gasteiger partial charge in [0.15, 0.2) is 0 Å². The molecule has 106 valence electrons. The monoisotopic (exact) mass is 335 g/mol. The van der Waals surface area contributed by atoms with Gasteiger partial charge in [-0.25, -0.2) is 0 Å². The summed E-state index contributed by atoms with van der Waals surface area (Å²) in [6, 6.07) is 11.0. The van der Waals surface area contributed by atoms with Gasteiger partial charge in [0.05, 0.1) is 5.56 Å². The van der Waals surface area contributed by atoms with E-state index >= 15 is 0 Å². The lowest BCUT2D eigenvalue weighted by molar-refractivity contribution is 0.0928. The van der Waals surface area contributed by atoms with E-state index in [2.05, 4.69) is 28.2 Å². The summed E-state index contributed by atoms with van der Waals surface area (Å²) >= 11 is 3.41. The quantitative estimate of drug-likeness (QED) is 0.837. The zero-order valence-electron chi connectivity index (χ0n) is 11.6. The highest BCUT2D eigenvalue weighted by molar-refractivity contribution is 9.09. The number of nitrogens with one attached hydrogen (secondary N) is 1.